The summed E-state index contributed by atoms with van der Waals surface area (Å²) in [5, 5.41) is 6.86. The Bertz CT molecular complexity index is 924. The van der Waals surface area contributed by atoms with Crippen molar-refractivity contribution in [2.45, 2.75) is 32.6 Å². The standard InChI is InChI=1S/C22H26N4O3.ClH/c1-15(2)16-3-5-17(6-4-16)22-25-21(29-26-22)12-11-20(27)24-18-7-9-19(10-8-18)28-14-13-23;/h3-10,15H,11-14,23H2,1-2H3,(H,24,27);1H. The fourth-order valence-electron chi connectivity index (χ4n) is 2.75. The molecule has 0 fully saturated rings. The molecule has 1 heterocycles. The maximum Gasteiger partial charge on any atom is 0.227 e. The highest BCUT2D eigenvalue weighted by Crippen LogP contribution is 2.21. The number of nitrogens with two attached hydrogens (primary N) is 1. The minimum absolute atomic E-state index is 0. The zero-order chi connectivity index (χ0) is 20.6. The molecule has 3 aromatic rings. The van der Waals surface area contributed by atoms with Crippen LogP contribution in [0.5, 0.6) is 5.75 Å². The van der Waals surface area contributed by atoms with Crippen LogP contribution in [-0.4, -0.2) is 29.2 Å². The Kier molecular flexibility index (Phi) is 8.83. The molecule has 0 aliphatic rings. The molecule has 2 aromatic carbocycles. The fraction of sp³-hybridized carbons (Fsp3) is 0.318. The van der Waals surface area contributed by atoms with E-state index in [0.29, 0.717) is 48.6 Å². The SMILES string of the molecule is CC(C)c1ccc(-c2noc(CCC(=O)Nc3ccc(OCCN)cc3)n2)cc1.Cl. The van der Waals surface area contributed by atoms with Crippen LogP contribution in [0.25, 0.3) is 11.4 Å². The van der Waals surface area contributed by atoms with Crippen molar-refractivity contribution in [3.05, 3.63) is 60.0 Å². The third kappa shape index (κ3) is 6.57. The van der Waals surface area contributed by atoms with E-state index in [9.17, 15) is 4.79 Å². The number of amides is 1. The number of nitrogens with one attached hydrogen (secondary N) is 1. The van der Waals surface area contributed by atoms with Gasteiger partial charge in [-0.2, -0.15) is 4.98 Å². The lowest BCUT2D eigenvalue weighted by molar-refractivity contribution is -0.116. The smallest absolute Gasteiger partial charge is 0.227 e. The lowest BCUT2D eigenvalue weighted by Crippen LogP contribution is -2.13. The summed E-state index contributed by atoms with van der Waals surface area (Å²) in [5.41, 5.74) is 8.26. The summed E-state index contributed by atoms with van der Waals surface area (Å²) in [6.07, 6.45) is 0.625. The van der Waals surface area contributed by atoms with E-state index in [-0.39, 0.29) is 24.7 Å². The second-order valence-electron chi connectivity index (χ2n) is 7.00. The molecule has 0 unspecified atom stereocenters. The van der Waals surface area contributed by atoms with Crippen molar-refractivity contribution in [2.24, 2.45) is 5.73 Å². The van der Waals surface area contributed by atoms with Crippen LogP contribution < -0.4 is 15.8 Å². The van der Waals surface area contributed by atoms with Crippen LogP contribution in [0.4, 0.5) is 5.69 Å². The normalized spacial score (nSPS) is 10.5. The Balaban J connectivity index is 0.00000320. The number of halogens is 1. The number of benzene rings is 2. The molecule has 0 saturated heterocycles. The van der Waals surface area contributed by atoms with Crippen LogP contribution in [-0.2, 0) is 11.2 Å². The Morgan fingerprint density at radius 2 is 1.83 bits per heavy atom. The number of ether oxygens (including phenoxy) is 1. The molecule has 3 N–H and O–H groups in total. The lowest BCUT2D eigenvalue weighted by Gasteiger charge is -2.07. The van der Waals surface area contributed by atoms with E-state index >= 15 is 0 Å². The second kappa shape index (κ2) is 11.3. The van der Waals surface area contributed by atoms with Gasteiger partial charge in [0.25, 0.3) is 0 Å². The van der Waals surface area contributed by atoms with Crippen LogP contribution in [0, 0.1) is 0 Å². The Morgan fingerprint density at radius 1 is 1.13 bits per heavy atom. The molecular weight excluding hydrogens is 404 g/mol. The van der Waals surface area contributed by atoms with Crippen molar-refractivity contribution in [1.29, 1.82) is 0 Å². The zero-order valence-electron chi connectivity index (χ0n) is 17.1. The van der Waals surface area contributed by atoms with Gasteiger partial charge < -0.3 is 20.3 Å². The van der Waals surface area contributed by atoms with Crippen molar-refractivity contribution in [3.8, 4) is 17.1 Å². The molecule has 0 aliphatic heterocycles. The maximum atomic E-state index is 12.2. The molecule has 160 valence electrons. The quantitative estimate of drug-likeness (QED) is 0.527. The summed E-state index contributed by atoms with van der Waals surface area (Å²) in [4.78, 5) is 16.6. The van der Waals surface area contributed by atoms with Gasteiger partial charge in [0.1, 0.15) is 12.4 Å². The van der Waals surface area contributed by atoms with Crippen LogP contribution in [0.2, 0.25) is 0 Å². The summed E-state index contributed by atoms with van der Waals surface area (Å²) >= 11 is 0. The molecule has 0 bridgehead atoms. The average Bonchev–Trinajstić information content (AvgIpc) is 3.21. The third-order valence-corrected chi connectivity index (χ3v) is 4.39. The molecule has 0 saturated carbocycles. The van der Waals surface area contributed by atoms with E-state index in [4.69, 9.17) is 15.0 Å². The highest BCUT2D eigenvalue weighted by atomic mass is 35.5. The van der Waals surface area contributed by atoms with Crippen molar-refractivity contribution in [3.63, 3.8) is 0 Å². The fourth-order valence-corrected chi connectivity index (χ4v) is 2.75. The molecule has 0 atom stereocenters. The summed E-state index contributed by atoms with van der Waals surface area (Å²) in [6, 6.07) is 15.3. The highest BCUT2D eigenvalue weighted by molar-refractivity contribution is 5.90. The number of hydrogen-bond acceptors (Lipinski definition) is 6. The third-order valence-electron chi connectivity index (χ3n) is 4.39. The predicted octanol–water partition coefficient (Wildman–Crippen LogP) is 4.19. The van der Waals surface area contributed by atoms with Gasteiger partial charge in [-0.05, 0) is 35.7 Å². The van der Waals surface area contributed by atoms with Crippen LogP contribution in [0.1, 0.15) is 37.6 Å². The summed E-state index contributed by atoms with van der Waals surface area (Å²) < 4.78 is 10.7. The largest absolute Gasteiger partial charge is 0.492 e. The second-order valence-corrected chi connectivity index (χ2v) is 7.00. The van der Waals surface area contributed by atoms with Gasteiger partial charge in [-0.3, -0.25) is 4.79 Å². The number of aromatic nitrogens is 2. The van der Waals surface area contributed by atoms with E-state index < -0.39 is 0 Å². The summed E-state index contributed by atoms with van der Waals surface area (Å²) in [7, 11) is 0. The van der Waals surface area contributed by atoms with Crippen LogP contribution in [0.15, 0.2) is 53.1 Å². The molecule has 8 heteroatoms. The lowest BCUT2D eigenvalue weighted by atomic mass is 10.0. The number of nitrogens with zero attached hydrogens (tertiary/aromatic N) is 2. The number of hydrogen-bond donors (Lipinski definition) is 2. The Hall–Kier alpha value is -2.90. The number of carbonyl (C=O) groups excluding carboxylic acids is 1. The van der Waals surface area contributed by atoms with E-state index in [1.807, 2.05) is 12.1 Å². The molecule has 0 spiro atoms. The van der Waals surface area contributed by atoms with E-state index in [1.165, 1.54) is 5.56 Å². The van der Waals surface area contributed by atoms with Crippen molar-refractivity contribution in [2.75, 3.05) is 18.5 Å². The monoisotopic (exact) mass is 430 g/mol. The molecule has 1 aromatic heterocycles. The summed E-state index contributed by atoms with van der Waals surface area (Å²) in [6.45, 7) is 5.21. The zero-order valence-corrected chi connectivity index (χ0v) is 17.9. The minimum atomic E-state index is -0.123. The van der Waals surface area contributed by atoms with Gasteiger partial charge in [-0.1, -0.05) is 43.3 Å². The van der Waals surface area contributed by atoms with E-state index in [2.05, 4.69) is 41.4 Å². The number of aryl methyl sites for hydroxylation is 1. The van der Waals surface area contributed by atoms with Crippen molar-refractivity contribution >= 4 is 24.0 Å². The van der Waals surface area contributed by atoms with Gasteiger partial charge in [-0.25, -0.2) is 0 Å². The molecule has 3 rings (SSSR count). The van der Waals surface area contributed by atoms with E-state index in [1.54, 1.807) is 24.3 Å². The Morgan fingerprint density at radius 3 is 2.47 bits per heavy atom. The van der Waals surface area contributed by atoms with Gasteiger partial charge in [0.2, 0.25) is 17.6 Å². The molecule has 1 amide bonds. The number of rotatable bonds is 9. The van der Waals surface area contributed by atoms with E-state index in [0.717, 1.165) is 5.56 Å². The van der Waals surface area contributed by atoms with Gasteiger partial charge >= 0.3 is 0 Å². The number of anilines is 1. The summed E-state index contributed by atoms with van der Waals surface area (Å²) in [5.74, 6) is 2.03. The van der Waals surface area contributed by atoms with Crippen LogP contribution >= 0.6 is 12.4 Å². The first-order valence-corrected chi connectivity index (χ1v) is 9.71. The van der Waals surface area contributed by atoms with Gasteiger partial charge in [0.05, 0.1) is 0 Å². The van der Waals surface area contributed by atoms with Gasteiger partial charge in [-0.15, -0.1) is 12.4 Å². The topological polar surface area (TPSA) is 103 Å². The maximum absolute atomic E-state index is 12.2. The molecule has 30 heavy (non-hydrogen) atoms. The predicted molar refractivity (Wildman–Crippen MR) is 119 cm³/mol. The number of carbonyl (C=O) groups is 1. The Labute approximate surface area is 182 Å². The molecule has 0 aliphatic carbocycles. The van der Waals surface area contributed by atoms with Crippen molar-refractivity contribution < 1.29 is 14.1 Å². The first kappa shape index (κ1) is 23.4. The average molecular weight is 431 g/mol. The van der Waals surface area contributed by atoms with Gasteiger partial charge in [0, 0.05) is 30.6 Å². The van der Waals surface area contributed by atoms with Gasteiger partial charge in [0.15, 0.2) is 0 Å². The first-order chi connectivity index (χ1) is 14.0. The van der Waals surface area contributed by atoms with Crippen LogP contribution in [0.3, 0.4) is 0 Å². The minimum Gasteiger partial charge on any atom is -0.492 e. The van der Waals surface area contributed by atoms with Crippen molar-refractivity contribution in [1.82, 2.24) is 10.1 Å². The first-order valence-electron chi connectivity index (χ1n) is 9.71. The highest BCUT2D eigenvalue weighted by Gasteiger charge is 2.11. The molecule has 7 nitrogen and oxygen atoms in total. The molecular formula is C22H27ClN4O3. The molecule has 0 radical (unpaired) electrons.